The van der Waals surface area contributed by atoms with E-state index in [1.54, 1.807) is 25.4 Å². The van der Waals surface area contributed by atoms with Crippen LogP contribution in [0.3, 0.4) is 0 Å². The molecule has 0 radical (unpaired) electrons. The molecule has 4 nitrogen and oxygen atoms in total. The summed E-state index contributed by atoms with van der Waals surface area (Å²) in [6.45, 7) is 0. The first kappa shape index (κ1) is 11.6. The number of rotatable bonds is 1. The van der Waals surface area contributed by atoms with Gasteiger partial charge >= 0.3 is 5.69 Å². The zero-order chi connectivity index (χ0) is 13.6. The normalized spacial score (nSPS) is 11.1. The zero-order valence-corrected chi connectivity index (χ0v) is 9.97. The van der Waals surface area contributed by atoms with E-state index < -0.39 is 17.3 Å². The smallest absolute Gasteiger partial charge is 0.279 e. The lowest BCUT2D eigenvalue weighted by atomic mass is 10.3. The Labute approximate surface area is 106 Å². The number of benzene rings is 1. The molecule has 0 N–H and O–H groups in total. The van der Waals surface area contributed by atoms with Gasteiger partial charge in [0, 0.05) is 19.3 Å². The lowest BCUT2D eigenvalue weighted by molar-refractivity contribution is 0.581. The standard InChI is InChI=1S/C13H9F2N3O/c1-17-12-11(3-2-4-16-12)18(13(17)19)10-6-8(14)5-9(15)7-10/h2-7H,1H3. The quantitative estimate of drug-likeness (QED) is 0.672. The number of hydrogen-bond donors (Lipinski definition) is 0. The van der Waals surface area contributed by atoms with Crippen molar-refractivity contribution in [2.75, 3.05) is 0 Å². The van der Waals surface area contributed by atoms with Crippen LogP contribution in [-0.2, 0) is 7.05 Å². The third-order valence-corrected chi connectivity index (χ3v) is 2.91. The van der Waals surface area contributed by atoms with E-state index in [1.165, 1.54) is 9.13 Å². The first-order valence-corrected chi connectivity index (χ1v) is 5.57. The van der Waals surface area contributed by atoms with Crippen LogP contribution >= 0.6 is 0 Å². The predicted octanol–water partition coefficient (Wildman–Crippen LogP) is 2.00. The minimum Gasteiger partial charge on any atom is -0.279 e. The molecule has 0 spiro atoms. The van der Waals surface area contributed by atoms with Crippen LogP contribution in [0.1, 0.15) is 0 Å². The number of hydrogen-bond acceptors (Lipinski definition) is 2. The summed E-state index contributed by atoms with van der Waals surface area (Å²) in [5.41, 5.74) is 0.692. The van der Waals surface area contributed by atoms with E-state index in [1.807, 2.05) is 0 Å². The molecule has 0 saturated carbocycles. The predicted molar refractivity (Wildman–Crippen MR) is 66.2 cm³/mol. The highest BCUT2D eigenvalue weighted by molar-refractivity contribution is 5.73. The number of aromatic nitrogens is 3. The number of imidazole rings is 1. The number of pyridine rings is 1. The number of nitrogens with zero attached hydrogens (tertiary/aromatic N) is 3. The van der Waals surface area contributed by atoms with Gasteiger partial charge in [0.1, 0.15) is 11.6 Å². The van der Waals surface area contributed by atoms with Crippen molar-refractivity contribution < 1.29 is 8.78 Å². The minimum absolute atomic E-state index is 0.140. The topological polar surface area (TPSA) is 39.8 Å². The van der Waals surface area contributed by atoms with E-state index in [9.17, 15) is 13.6 Å². The molecule has 0 unspecified atom stereocenters. The van der Waals surface area contributed by atoms with Gasteiger partial charge in [-0.3, -0.25) is 9.13 Å². The Hall–Kier alpha value is -2.50. The highest BCUT2D eigenvalue weighted by Crippen LogP contribution is 2.17. The summed E-state index contributed by atoms with van der Waals surface area (Å²) in [6, 6.07) is 6.31. The third-order valence-electron chi connectivity index (χ3n) is 2.91. The van der Waals surface area contributed by atoms with Gasteiger partial charge in [0.2, 0.25) is 0 Å². The van der Waals surface area contributed by atoms with Gasteiger partial charge in [0.25, 0.3) is 0 Å². The van der Waals surface area contributed by atoms with Crippen LogP contribution in [0.25, 0.3) is 16.9 Å². The maximum atomic E-state index is 13.3. The first-order chi connectivity index (χ1) is 9.08. The molecular weight excluding hydrogens is 252 g/mol. The van der Waals surface area contributed by atoms with Gasteiger partial charge in [-0.2, -0.15) is 0 Å². The van der Waals surface area contributed by atoms with Crippen LogP contribution in [0, 0.1) is 11.6 Å². The van der Waals surface area contributed by atoms with Crippen molar-refractivity contribution in [1.29, 1.82) is 0 Å². The largest absolute Gasteiger partial charge is 0.334 e. The summed E-state index contributed by atoms with van der Waals surface area (Å²) >= 11 is 0. The van der Waals surface area contributed by atoms with E-state index in [0.717, 1.165) is 18.2 Å². The molecule has 96 valence electrons. The SMILES string of the molecule is Cn1c(=O)n(-c2cc(F)cc(F)c2)c2cccnc21. The second kappa shape index (κ2) is 4.01. The Kier molecular flexibility index (Phi) is 2.45. The molecule has 0 fully saturated rings. The minimum atomic E-state index is -0.734. The molecule has 0 bridgehead atoms. The summed E-state index contributed by atoms with van der Waals surface area (Å²) < 4.78 is 29.1. The second-order valence-corrected chi connectivity index (χ2v) is 4.15. The highest BCUT2D eigenvalue weighted by atomic mass is 19.1. The molecule has 0 aliphatic heterocycles. The Morgan fingerprint density at radius 3 is 2.53 bits per heavy atom. The van der Waals surface area contributed by atoms with Crippen molar-refractivity contribution in [2.24, 2.45) is 7.05 Å². The summed E-state index contributed by atoms with van der Waals surface area (Å²) in [5.74, 6) is -1.47. The molecule has 2 heterocycles. The van der Waals surface area contributed by atoms with Gasteiger partial charge in [0.15, 0.2) is 5.65 Å². The molecular formula is C13H9F2N3O. The summed E-state index contributed by atoms with van der Waals surface area (Å²) in [5, 5.41) is 0. The van der Waals surface area contributed by atoms with E-state index in [-0.39, 0.29) is 5.69 Å². The average molecular weight is 261 g/mol. The highest BCUT2D eigenvalue weighted by Gasteiger charge is 2.14. The fraction of sp³-hybridized carbons (Fsp3) is 0.0769. The summed E-state index contributed by atoms with van der Waals surface area (Å²) in [6.07, 6.45) is 1.55. The van der Waals surface area contributed by atoms with Gasteiger partial charge in [-0.1, -0.05) is 0 Å². The second-order valence-electron chi connectivity index (χ2n) is 4.15. The Morgan fingerprint density at radius 1 is 1.16 bits per heavy atom. The van der Waals surface area contributed by atoms with Gasteiger partial charge in [0.05, 0.1) is 11.2 Å². The molecule has 3 rings (SSSR count). The molecule has 3 aromatic rings. The van der Waals surface area contributed by atoms with Crippen molar-refractivity contribution in [2.45, 2.75) is 0 Å². The average Bonchev–Trinajstić information content (AvgIpc) is 2.61. The van der Waals surface area contributed by atoms with Crippen LogP contribution in [0.2, 0.25) is 0 Å². The van der Waals surface area contributed by atoms with Gasteiger partial charge in [-0.05, 0) is 24.3 Å². The van der Waals surface area contributed by atoms with Crippen LogP contribution in [0.4, 0.5) is 8.78 Å². The lowest BCUT2D eigenvalue weighted by Gasteiger charge is -2.03. The fourth-order valence-corrected chi connectivity index (χ4v) is 2.08. The summed E-state index contributed by atoms with van der Waals surface area (Å²) in [4.78, 5) is 16.2. The van der Waals surface area contributed by atoms with Crippen molar-refractivity contribution in [3.63, 3.8) is 0 Å². The van der Waals surface area contributed by atoms with Gasteiger partial charge < -0.3 is 0 Å². The zero-order valence-electron chi connectivity index (χ0n) is 9.97. The summed E-state index contributed by atoms with van der Waals surface area (Å²) in [7, 11) is 1.56. The van der Waals surface area contributed by atoms with Crippen molar-refractivity contribution in [3.8, 4) is 5.69 Å². The lowest BCUT2D eigenvalue weighted by Crippen LogP contribution is -2.21. The monoisotopic (exact) mass is 261 g/mol. The number of fused-ring (bicyclic) bond motifs is 1. The number of aryl methyl sites for hydroxylation is 1. The first-order valence-electron chi connectivity index (χ1n) is 5.57. The van der Waals surface area contributed by atoms with Crippen LogP contribution in [-0.4, -0.2) is 14.1 Å². The molecule has 0 aliphatic carbocycles. The van der Waals surface area contributed by atoms with E-state index >= 15 is 0 Å². The van der Waals surface area contributed by atoms with E-state index in [4.69, 9.17) is 0 Å². The van der Waals surface area contributed by atoms with Gasteiger partial charge in [-0.15, -0.1) is 0 Å². The Balaban J connectivity index is 2.43. The maximum absolute atomic E-state index is 13.3. The van der Waals surface area contributed by atoms with Crippen molar-refractivity contribution >= 4 is 11.2 Å². The third kappa shape index (κ3) is 1.72. The van der Waals surface area contributed by atoms with Gasteiger partial charge in [-0.25, -0.2) is 18.6 Å². The number of halogens is 2. The molecule has 2 aromatic heterocycles. The van der Waals surface area contributed by atoms with Crippen molar-refractivity contribution in [1.82, 2.24) is 14.1 Å². The maximum Gasteiger partial charge on any atom is 0.334 e. The molecule has 19 heavy (non-hydrogen) atoms. The molecule has 0 amide bonds. The molecule has 0 saturated heterocycles. The van der Waals surface area contributed by atoms with Crippen LogP contribution in [0.5, 0.6) is 0 Å². The molecule has 1 aromatic carbocycles. The Morgan fingerprint density at radius 2 is 1.84 bits per heavy atom. The van der Waals surface area contributed by atoms with Crippen LogP contribution < -0.4 is 5.69 Å². The van der Waals surface area contributed by atoms with E-state index in [2.05, 4.69) is 4.98 Å². The van der Waals surface area contributed by atoms with Crippen molar-refractivity contribution in [3.05, 3.63) is 58.6 Å². The fourth-order valence-electron chi connectivity index (χ4n) is 2.08. The molecule has 6 heteroatoms. The van der Waals surface area contributed by atoms with E-state index in [0.29, 0.717) is 11.2 Å². The van der Waals surface area contributed by atoms with Crippen LogP contribution in [0.15, 0.2) is 41.3 Å². The molecule has 0 aliphatic rings. The Bertz CT molecular complexity index is 815. The molecule has 0 atom stereocenters.